The van der Waals surface area contributed by atoms with E-state index in [0.29, 0.717) is 41.3 Å². The Morgan fingerprint density at radius 3 is 2.60 bits per heavy atom. The molecule has 0 spiro atoms. The average Bonchev–Trinajstić information content (AvgIpc) is 3.41. The molecular weight excluding hydrogens is 445 g/mol. The number of aromatic nitrogens is 3. The van der Waals surface area contributed by atoms with Crippen LogP contribution in [0.4, 0.5) is 4.39 Å². The number of hydrogen-bond donors (Lipinski definition) is 0. The monoisotopic (exact) mass is 477 g/mol. The number of benzene rings is 2. The lowest BCUT2D eigenvalue weighted by Crippen LogP contribution is -2.11. The summed E-state index contributed by atoms with van der Waals surface area (Å²) < 4.78 is 27.7. The molecule has 1 unspecified atom stereocenters. The van der Waals surface area contributed by atoms with Gasteiger partial charge in [0, 0.05) is 37.0 Å². The number of ketones is 1. The lowest BCUT2D eigenvalue weighted by molar-refractivity contribution is 0.101. The summed E-state index contributed by atoms with van der Waals surface area (Å²) in [4.78, 5) is 21.6. The van der Waals surface area contributed by atoms with Gasteiger partial charge in [0.2, 0.25) is 0 Å². The third-order valence-electron chi connectivity index (χ3n) is 6.58. The average molecular weight is 478 g/mol. The van der Waals surface area contributed by atoms with E-state index in [1.165, 1.54) is 12.1 Å². The number of nitrogens with zero attached hydrogens (tertiary/aromatic N) is 3. The van der Waals surface area contributed by atoms with Crippen LogP contribution in [0, 0.1) is 26.6 Å². The number of hydrogen-bond acceptors (Lipinski definition) is 5. The van der Waals surface area contributed by atoms with Gasteiger partial charge in [-0.1, -0.05) is 19.1 Å². The minimum atomic E-state index is -0.243. The van der Waals surface area contributed by atoms with Gasteiger partial charge in [-0.3, -0.25) is 4.79 Å². The van der Waals surface area contributed by atoms with Crippen molar-refractivity contribution in [2.45, 2.75) is 66.3 Å². The quantitative estimate of drug-likeness (QED) is 0.244. The fourth-order valence-electron chi connectivity index (χ4n) is 4.66. The number of rotatable bonds is 10. The summed E-state index contributed by atoms with van der Waals surface area (Å²) >= 11 is 0. The molecule has 1 atom stereocenters. The highest BCUT2D eigenvalue weighted by Crippen LogP contribution is 2.38. The summed E-state index contributed by atoms with van der Waals surface area (Å²) in [5.74, 6) is 2.03. The van der Waals surface area contributed by atoms with Crippen molar-refractivity contribution in [2.24, 2.45) is 0 Å². The highest BCUT2D eigenvalue weighted by Gasteiger charge is 2.25. The number of carbonyl (C=O) groups is 1. The maximum absolute atomic E-state index is 13.3. The van der Waals surface area contributed by atoms with Gasteiger partial charge in [0.25, 0.3) is 0 Å². The van der Waals surface area contributed by atoms with Crippen LogP contribution in [0.3, 0.4) is 0 Å². The number of halogens is 1. The predicted molar refractivity (Wildman–Crippen MR) is 134 cm³/mol. The molecule has 0 aliphatic carbocycles. The van der Waals surface area contributed by atoms with Crippen LogP contribution in [-0.4, -0.2) is 26.9 Å². The zero-order valence-electron chi connectivity index (χ0n) is 21.0. The van der Waals surface area contributed by atoms with Gasteiger partial charge in [-0.05, 0) is 69.2 Å². The third kappa shape index (κ3) is 5.29. The van der Waals surface area contributed by atoms with Crippen LogP contribution in [0.2, 0.25) is 0 Å². The van der Waals surface area contributed by atoms with Crippen molar-refractivity contribution in [3.05, 3.63) is 76.4 Å². The van der Waals surface area contributed by atoms with E-state index in [-0.39, 0.29) is 17.5 Å². The highest BCUT2D eigenvalue weighted by atomic mass is 19.1. The van der Waals surface area contributed by atoms with Gasteiger partial charge in [0.1, 0.15) is 17.2 Å². The second-order valence-corrected chi connectivity index (χ2v) is 9.14. The number of aryl methyl sites for hydroxylation is 4. The first-order valence-electron chi connectivity index (χ1n) is 12.1. The van der Waals surface area contributed by atoms with Crippen LogP contribution in [0.5, 0.6) is 5.75 Å². The van der Waals surface area contributed by atoms with Crippen molar-refractivity contribution in [2.75, 3.05) is 6.61 Å². The summed E-state index contributed by atoms with van der Waals surface area (Å²) in [7, 11) is 0. The third-order valence-corrected chi connectivity index (χ3v) is 6.58. The Kier molecular flexibility index (Phi) is 7.34. The molecule has 2 aromatic carbocycles. The number of Topliss-reactive ketones (excluding diaryl/α,β-unsaturated/α-hetero) is 1. The minimum absolute atomic E-state index is 0.0107. The summed E-state index contributed by atoms with van der Waals surface area (Å²) in [6, 6.07) is 6.57. The van der Waals surface area contributed by atoms with Crippen LogP contribution < -0.4 is 4.74 Å². The van der Waals surface area contributed by atoms with Gasteiger partial charge >= 0.3 is 0 Å². The zero-order chi connectivity index (χ0) is 25.1. The molecule has 0 bridgehead atoms. The van der Waals surface area contributed by atoms with E-state index in [1.54, 1.807) is 32.2 Å². The molecule has 0 fully saturated rings. The van der Waals surface area contributed by atoms with Gasteiger partial charge in [0.05, 0.1) is 6.61 Å². The standard InChI is InChI=1S/C28H32FN3O3/c1-17(22-8-10-23(29)11-9-22)12-16-34-27-24(7-6-14-32-15-13-30-20(32)4)25(19(3)33)18(2)26-28(27)35-21(5)31-26/h8-11,13,15,17H,6-7,12,14,16H2,1-5H3. The summed E-state index contributed by atoms with van der Waals surface area (Å²) in [6.45, 7) is 10.6. The fourth-order valence-corrected chi connectivity index (χ4v) is 4.66. The molecular formula is C28H32FN3O3. The maximum Gasteiger partial charge on any atom is 0.197 e. The fraction of sp³-hybridized carbons (Fsp3) is 0.393. The summed E-state index contributed by atoms with van der Waals surface area (Å²) in [5.41, 5.74) is 4.67. The molecule has 184 valence electrons. The second kappa shape index (κ2) is 10.4. The van der Waals surface area contributed by atoms with Crippen LogP contribution in [0.15, 0.2) is 41.1 Å². The van der Waals surface area contributed by atoms with Crippen LogP contribution in [0.25, 0.3) is 11.1 Å². The summed E-state index contributed by atoms with van der Waals surface area (Å²) in [5, 5.41) is 0. The molecule has 0 amide bonds. The predicted octanol–water partition coefficient (Wildman–Crippen LogP) is 6.50. The van der Waals surface area contributed by atoms with E-state index >= 15 is 0 Å². The highest BCUT2D eigenvalue weighted by molar-refractivity contribution is 6.03. The first-order chi connectivity index (χ1) is 16.8. The molecule has 0 saturated heterocycles. The Labute approximate surface area is 205 Å². The van der Waals surface area contributed by atoms with Crippen molar-refractivity contribution in [3.63, 3.8) is 0 Å². The van der Waals surface area contributed by atoms with E-state index in [1.807, 2.05) is 20.0 Å². The molecule has 6 nitrogen and oxygen atoms in total. The SMILES string of the molecule is CC(=O)c1c(CCCn2ccnc2C)c(OCCC(C)c2ccc(F)cc2)c2oc(C)nc2c1C. The lowest BCUT2D eigenvalue weighted by atomic mass is 9.93. The Balaban J connectivity index is 1.63. The van der Waals surface area contributed by atoms with Crippen molar-refractivity contribution in [1.82, 2.24) is 14.5 Å². The Morgan fingerprint density at radius 1 is 1.20 bits per heavy atom. The number of imidazole rings is 1. The van der Waals surface area contributed by atoms with Crippen LogP contribution in [-0.2, 0) is 13.0 Å². The molecule has 0 aliphatic heterocycles. The van der Waals surface area contributed by atoms with E-state index < -0.39 is 0 Å². The Bertz CT molecular complexity index is 1340. The van der Waals surface area contributed by atoms with Gasteiger partial charge in [-0.2, -0.15) is 0 Å². The first kappa shape index (κ1) is 24.6. The van der Waals surface area contributed by atoms with Crippen molar-refractivity contribution >= 4 is 16.9 Å². The largest absolute Gasteiger partial charge is 0.489 e. The van der Waals surface area contributed by atoms with Gasteiger partial charge in [0.15, 0.2) is 23.0 Å². The molecule has 2 aromatic heterocycles. The normalized spacial score (nSPS) is 12.3. The molecule has 0 saturated carbocycles. The smallest absolute Gasteiger partial charge is 0.197 e. The number of ether oxygens (including phenoxy) is 1. The second-order valence-electron chi connectivity index (χ2n) is 9.14. The van der Waals surface area contributed by atoms with Crippen LogP contribution in [0.1, 0.15) is 71.4 Å². The molecule has 0 N–H and O–H groups in total. The van der Waals surface area contributed by atoms with Gasteiger partial charge < -0.3 is 13.7 Å². The molecule has 35 heavy (non-hydrogen) atoms. The molecule has 4 rings (SSSR count). The van der Waals surface area contributed by atoms with Crippen molar-refractivity contribution in [3.8, 4) is 5.75 Å². The van der Waals surface area contributed by atoms with Crippen molar-refractivity contribution < 1.29 is 18.3 Å². The first-order valence-corrected chi connectivity index (χ1v) is 12.1. The molecule has 0 aliphatic rings. The van der Waals surface area contributed by atoms with E-state index in [9.17, 15) is 9.18 Å². The maximum atomic E-state index is 13.3. The van der Waals surface area contributed by atoms with Gasteiger partial charge in [-0.25, -0.2) is 14.4 Å². The van der Waals surface area contributed by atoms with Gasteiger partial charge in [-0.15, -0.1) is 0 Å². The van der Waals surface area contributed by atoms with Crippen molar-refractivity contribution in [1.29, 1.82) is 0 Å². The summed E-state index contributed by atoms with van der Waals surface area (Å²) in [6.07, 6.45) is 5.96. The Morgan fingerprint density at radius 2 is 1.94 bits per heavy atom. The van der Waals surface area contributed by atoms with Crippen LogP contribution >= 0.6 is 0 Å². The van der Waals surface area contributed by atoms with E-state index in [2.05, 4.69) is 21.5 Å². The molecule has 7 heteroatoms. The molecule has 2 heterocycles. The number of carbonyl (C=O) groups excluding carboxylic acids is 1. The minimum Gasteiger partial charge on any atom is -0.489 e. The van der Waals surface area contributed by atoms with E-state index in [4.69, 9.17) is 9.15 Å². The molecule has 4 aromatic rings. The lowest BCUT2D eigenvalue weighted by Gasteiger charge is -2.19. The number of oxazole rings is 1. The number of fused-ring (bicyclic) bond motifs is 1. The zero-order valence-corrected chi connectivity index (χ0v) is 21.0. The van der Waals surface area contributed by atoms with E-state index in [0.717, 1.165) is 41.9 Å². The Hall–Kier alpha value is -3.48. The molecule has 0 radical (unpaired) electrons. The topological polar surface area (TPSA) is 70.2 Å².